The van der Waals surface area contributed by atoms with Crippen molar-refractivity contribution in [3.63, 3.8) is 0 Å². The first-order valence-corrected chi connectivity index (χ1v) is 7.65. The van der Waals surface area contributed by atoms with Gasteiger partial charge in [0.25, 0.3) is 0 Å². The third-order valence-corrected chi connectivity index (χ3v) is 4.71. The number of halogens is 2. The molecule has 0 aliphatic carbocycles. The van der Waals surface area contributed by atoms with Crippen molar-refractivity contribution in [1.82, 2.24) is 0 Å². The van der Waals surface area contributed by atoms with Crippen LogP contribution in [-0.2, 0) is 4.79 Å². The number of anilines is 1. The molecule has 1 aromatic carbocycles. The van der Waals surface area contributed by atoms with Gasteiger partial charge in [-0.25, -0.2) is 0 Å². The number of amides is 1. The topological polar surface area (TPSA) is 55.1 Å². The molecule has 0 fully saturated rings. The summed E-state index contributed by atoms with van der Waals surface area (Å²) in [6.45, 7) is 3.65. The number of carbonyl (C=O) groups excluding carboxylic acids is 1. The average Bonchev–Trinajstić information content (AvgIpc) is 2.31. The van der Waals surface area contributed by atoms with E-state index in [0.29, 0.717) is 6.42 Å². The maximum atomic E-state index is 12.2. The highest BCUT2D eigenvalue weighted by atomic mass is 127. The number of nitrogens with two attached hydrogens (primary N) is 1. The molecule has 0 aliphatic rings. The van der Waals surface area contributed by atoms with Crippen molar-refractivity contribution < 1.29 is 4.79 Å². The molecule has 1 rings (SSSR count). The molecule has 0 spiro atoms. The van der Waals surface area contributed by atoms with Gasteiger partial charge in [-0.1, -0.05) is 19.1 Å². The van der Waals surface area contributed by atoms with Crippen LogP contribution in [0.3, 0.4) is 0 Å². The van der Waals surface area contributed by atoms with Crippen LogP contribution in [0.25, 0.3) is 0 Å². The van der Waals surface area contributed by atoms with E-state index in [0.717, 1.165) is 13.7 Å². The standard InChI is InChI=1S/C12H14BrIN2OS/c1-3-12(2,10(15)18)11(17)16-9-5-4-7(14)6-8(9)13/h4-6H,3H2,1-2H3,(H2,15,18)(H,16,17). The third-order valence-electron chi connectivity index (χ3n) is 2.93. The van der Waals surface area contributed by atoms with Gasteiger partial charge in [-0.15, -0.1) is 0 Å². The lowest BCUT2D eigenvalue weighted by Crippen LogP contribution is -2.43. The normalized spacial score (nSPS) is 13.8. The first-order valence-electron chi connectivity index (χ1n) is 5.37. The molecule has 0 aromatic heterocycles. The average molecular weight is 441 g/mol. The Labute approximate surface area is 134 Å². The Morgan fingerprint density at radius 1 is 1.61 bits per heavy atom. The van der Waals surface area contributed by atoms with Crippen LogP contribution in [0.4, 0.5) is 5.69 Å². The second kappa shape index (κ2) is 6.29. The van der Waals surface area contributed by atoms with Crippen LogP contribution in [0.15, 0.2) is 22.7 Å². The maximum absolute atomic E-state index is 12.2. The summed E-state index contributed by atoms with van der Waals surface area (Å²) in [6, 6.07) is 5.70. The Balaban J connectivity index is 2.97. The highest BCUT2D eigenvalue weighted by Gasteiger charge is 2.34. The fourth-order valence-electron chi connectivity index (χ4n) is 1.30. The predicted molar refractivity (Wildman–Crippen MR) is 90.7 cm³/mol. The maximum Gasteiger partial charge on any atom is 0.237 e. The smallest absolute Gasteiger partial charge is 0.237 e. The van der Waals surface area contributed by atoms with Crippen LogP contribution >= 0.6 is 50.7 Å². The van der Waals surface area contributed by atoms with Crippen molar-refractivity contribution in [3.8, 4) is 0 Å². The van der Waals surface area contributed by atoms with Gasteiger partial charge >= 0.3 is 0 Å². The SMILES string of the molecule is CCC(C)(C(=O)Nc1ccc(I)cc1Br)C(N)=S. The van der Waals surface area contributed by atoms with E-state index in [4.69, 9.17) is 18.0 Å². The van der Waals surface area contributed by atoms with Crippen molar-refractivity contribution in [3.05, 3.63) is 26.2 Å². The fourth-order valence-corrected chi connectivity index (χ4v) is 2.93. The van der Waals surface area contributed by atoms with Crippen molar-refractivity contribution >= 4 is 67.3 Å². The number of carbonyl (C=O) groups is 1. The molecule has 3 nitrogen and oxygen atoms in total. The summed E-state index contributed by atoms with van der Waals surface area (Å²) in [4.78, 5) is 12.5. The summed E-state index contributed by atoms with van der Waals surface area (Å²) in [5.74, 6) is -0.181. The van der Waals surface area contributed by atoms with Crippen LogP contribution in [0, 0.1) is 8.99 Å². The Kier molecular flexibility index (Phi) is 5.54. The van der Waals surface area contributed by atoms with Gasteiger partial charge in [0.2, 0.25) is 5.91 Å². The molecular formula is C12H14BrIN2OS. The van der Waals surface area contributed by atoms with E-state index in [-0.39, 0.29) is 10.9 Å². The molecular weight excluding hydrogens is 427 g/mol. The first-order chi connectivity index (χ1) is 8.31. The van der Waals surface area contributed by atoms with E-state index < -0.39 is 5.41 Å². The predicted octanol–water partition coefficient (Wildman–Crippen LogP) is 3.69. The van der Waals surface area contributed by atoms with Crippen LogP contribution < -0.4 is 11.1 Å². The Hall–Kier alpha value is -0.210. The molecule has 0 bridgehead atoms. The fraction of sp³-hybridized carbons (Fsp3) is 0.333. The van der Waals surface area contributed by atoms with Gasteiger partial charge in [0, 0.05) is 8.04 Å². The summed E-state index contributed by atoms with van der Waals surface area (Å²) < 4.78 is 1.93. The second-order valence-corrected chi connectivity index (χ2v) is 6.67. The number of rotatable bonds is 4. The summed E-state index contributed by atoms with van der Waals surface area (Å²) in [6.07, 6.45) is 0.566. The van der Waals surface area contributed by atoms with E-state index in [1.165, 1.54) is 0 Å². The summed E-state index contributed by atoms with van der Waals surface area (Å²) in [7, 11) is 0. The van der Waals surface area contributed by atoms with E-state index in [2.05, 4.69) is 43.8 Å². The molecule has 98 valence electrons. The van der Waals surface area contributed by atoms with Gasteiger partial charge < -0.3 is 11.1 Å². The Bertz CT molecular complexity index is 495. The zero-order valence-corrected chi connectivity index (χ0v) is 14.6. The zero-order valence-electron chi connectivity index (χ0n) is 10.1. The van der Waals surface area contributed by atoms with E-state index >= 15 is 0 Å². The number of hydrogen-bond donors (Lipinski definition) is 2. The molecule has 0 radical (unpaired) electrons. The van der Waals surface area contributed by atoms with Crippen LogP contribution in [-0.4, -0.2) is 10.9 Å². The van der Waals surface area contributed by atoms with Gasteiger partial charge in [0.1, 0.15) is 0 Å². The van der Waals surface area contributed by atoms with Gasteiger partial charge in [-0.3, -0.25) is 4.79 Å². The Morgan fingerprint density at radius 2 is 2.22 bits per heavy atom. The molecule has 1 atom stereocenters. The molecule has 0 saturated heterocycles. The molecule has 0 saturated carbocycles. The lowest BCUT2D eigenvalue weighted by Gasteiger charge is -2.25. The quantitative estimate of drug-likeness (QED) is 0.554. The molecule has 6 heteroatoms. The van der Waals surface area contributed by atoms with Crippen molar-refractivity contribution in [2.75, 3.05) is 5.32 Å². The van der Waals surface area contributed by atoms with E-state index in [1.54, 1.807) is 6.92 Å². The second-order valence-electron chi connectivity index (χ2n) is 4.13. The molecule has 0 aliphatic heterocycles. The van der Waals surface area contributed by atoms with Gasteiger partial charge in [0.05, 0.1) is 16.1 Å². The molecule has 3 N–H and O–H groups in total. The minimum Gasteiger partial charge on any atom is -0.392 e. The van der Waals surface area contributed by atoms with Crippen LogP contribution in [0.1, 0.15) is 20.3 Å². The number of nitrogens with one attached hydrogen (secondary N) is 1. The minimum atomic E-state index is -0.822. The lowest BCUT2D eigenvalue weighted by molar-refractivity contribution is -0.121. The largest absolute Gasteiger partial charge is 0.392 e. The number of benzene rings is 1. The van der Waals surface area contributed by atoms with Crippen LogP contribution in [0.2, 0.25) is 0 Å². The van der Waals surface area contributed by atoms with E-state index in [9.17, 15) is 4.79 Å². The highest BCUT2D eigenvalue weighted by molar-refractivity contribution is 14.1. The van der Waals surface area contributed by atoms with Gasteiger partial charge in [-0.05, 0) is 70.1 Å². The molecule has 1 aromatic rings. The summed E-state index contributed by atoms with van der Waals surface area (Å²) in [5, 5.41) is 2.85. The Morgan fingerprint density at radius 3 is 2.67 bits per heavy atom. The minimum absolute atomic E-state index is 0.181. The summed E-state index contributed by atoms with van der Waals surface area (Å²) >= 11 is 10.6. The monoisotopic (exact) mass is 440 g/mol. The molecule has 0 heterocycles. The number of thiocarbonyl (C=S) groups is 1. The van der Waals surface area contributed by atoms with E-state index in [1.807, 2.05) is 25.1 Å². The lowest BCUT2D eigenvalue weighted by atomic mass is 9.86. The van der Waals surface area contributed by atoms with Crippen molar-refractivity contribution in [2.45, 2.75) is 20.3 Å². The highest BCUT2D eigenvalue weighted by Crippen LogP contribution is 2.28. The van der Waals surface area contributed by atoms with Crippen molar-refractivity contribution in [1.29, 1.82) is 0 Å². The van der Waals surface area contributed by atoms with Crippen LogP contribution in [0.5, 0.6) is 0 Å². The van der Waals surface area contributed by atoms with Crippen molar-refractivity contribution in [2.24, 2.45) is 11.1 Å². The molecule has 1 unspecified atom stereocenters. The van der Waals surface area contributed by atoms with Gasteiger partial charge in [0.15, 0.2) is 0 Å². The zero-order chi connectivity index (χ0) is 13.9. The summed E-state index contributed by atoms with van der Waals surface area (Å²) in [5.41, 5.74) is 5.55. The third kappa shape index (κ3) is 3.42. The molecule has 18 heavy (non-hydrogen) atoms. The first kappa shape index (κ1) is 15.8. The number of hydrogen-bond acceptors (Lipinski definition) is 2. The van der Waals surface area contributed by atoms with Gasteiger partial charge in [-0.2, -0.15) is 0 Å². The molecule has 1 amide bonds.